The van der Waals surface area contributed by atoms with Gasteiger partial charge in [-0.25, -0.2) is 9.59 Å². The first-order chi connectivity index (χ1) is 22.9. The Morgan fingerprint density at radius 1 is 0.980 bits per heavy atom. The van der Waals surface area contributed by atoms with Crippen molar-refractivity contribution in [2.24, 2.45) is 17.6 Å². The van der Waals surface area contributed by atoms with Gasteiger partial charge in [0.15, 0.2) is 23.6 Å². The topological polar surface area (TPSA) is 196 Å². The van der Waals surface area contributed by atoms with Gasteiger partial charge in [0.05, 0.1) is 12.1 Å². The van der Waals surface area contributed by atoms with Crippen molar-refractivity contribution in [3.63, 3.8) is 0 Å². The number of urea groups is 1. The van der Waals surface area contributed by atoms with Gasteiger partial charge in [-0.3, -0.25) is 14.4 Å². The number of nitrogens with one attached hydrogen (secondary N) is 4. The molecule has 0 spiro atoms. The first kappa shape index (κ1) is 39.8. The molecule has 2 saturated heterocycles. The van der Waals surface area contributed by atoms with E-state index in [0.29, 0.717) is 19.4 Å². The highest BCUT2D eigenvalue weighted by atomic mass is 16.8. The molecular weight excluding hydrogens is 634 g/mol. The first-order valence-corrected chi connectivity index (χ1v) is 17.0. The van der Waals surface area contributed by atoms with E-state index in [4.69, 9.17) is 24.7 Å². The van der Waals surface area contributed by atoms with Crippen LogP contribution in [-0.4, -0.2) is 91.7 Å². The SMILES string of the molecule is CN[C@H]1[C@H]2OC(C)(C)O[C@H]2O[C@@H]1C(=O)C[C@@H](C(=O)N[C@H](CCCNC(N)=O)C(=O)Cc1ccc(CCNC(=O)OC(C)(C)C)cc1)C(C)C. The number of hydrogen-bond donors (Lipinski definition) is 5. The van der Waals surface area contributed by atoms with Crippen LogP contribution in [0.3, 0.4) is 0 Å². The zero-order chi connectivity index (χ0) is 36.5. The number of alkyl carbamates (subject to hydrolysis) is 1. The molecular formula is C35H55N5O9. The van der Waals surface area contributed by atoms with Gasteiger partial charge in [-0.2, -0.15) is 0 Å². The second-order valence-corrected chi connectivity index (χ2v) is 14.5. The lowest BCUT2D eigenvalue weighted by atomic mass is 9.86. The van der Waals surface area contributed by atoms with Crippen LogP contribution >= 0.6 is 0 Å². The average Bonchev–Trinajstić information content (AvgIpc) is 3.48. The van der Waals surface area contributed by atoms with Gasteiger partial charge < -0.3 is 45.9 Å². The molecule has 6 atom stereocenters. The number of carbonyl (C=O) groups excluding carboxylic acids is 5. The summed E-state index contributed by atoms with van der Waals surface area (Å²) in [6, 6.07) is 5.48. The smallest absolute Gasteiger partial charge is 0.407 e. The maximum Gasteiger partial charge on any atom is 0.407 e. The minimum Gasteiger partial charge on any atom is -0.444 e. The highest BCUT2D eigenvalue weighted by Crippen LogP contribution is 2.38. The van der Waals surface area contributed by atoms with E-state index in [-0.39, 0.29) is 43.3 Å². The highest BCUT2D eigenvalue weighted by Gasteiger charge is 2.56. The molecule has 4 amide bonds. The second kappa shape index (κ2) is 17.4. The van der Waals surface area contributed by atoms with Crippen molar-refractivity contribution in [2.75, 3.05) is 20.1 Å². The van der Waals surface area contributed by atoms with Gasteiger partial charge >= 0.3 is 12.1 Å². The molecule has 0 unspecified atom stereocenters. The Kier molecular flexibility index (Phi) is 14.1. The Balaban J connectivity index is 1.63. The molecule has 6 N–H and O–H groups in total. The third kappa shape index (κ3) is 12.4. The van der Waals surface area contributed by atoms with E-state index >= 15 is 0 Å². The Morgan fingerprint density at radius 3 is 2.22 bits per heavy atom. The van der Waals surface area contributed by atoms with Crippen LogP contribution in [0.1, 0.15) is 78.9 Å². The fourth-order valence-electron chi connectivity index (χ4n) is 5.94. The lowest BCUT2D eigenvalue weighted by molar-refractivity contribution is -0.207. The summed E-state index contributed by atoms with van der Waals surface area (Å²) in [6.07, 6.45) is -1.31. The monoisotopic (exact) mass is 689 g/mol. The Bertz CT molecular complexity index is 1310. The molecule has 49 heavy (non-hydrogen) atoms. The molecule has 3 rings (SSSR count). The van der Waals surface area contributed by atoms with E-state index in [1.165, 1.54) is 0 Å². The maximum atomic E-state index is 13.7. The number of nitrogens with two attached hydrogens (primary N) is 1. The lowest BCUT2D eigenvalue weighted by Gasteiger charge is -2.27. The number of benzene rings is 1. The number of fused-ring (bicyclic) bond motifs is 1. The van der Waals surface area contributed by atoms with Crippen LogP contribution < -0.4 is 27.0 Å². The van der Waals surface area contributed by atoms with Gasteiger partial charge in [0.2, 0.25) is 5.91 Å². The minimum atomic E-state index is -0.862. The quantitative estimate of drug-likeness (QED) is 0.152. The molecule has 14 heteroatoms. The van der Waals surface area contributed by atoms with Crippen LogP contribution in [0.2, 0.25) is 0 Å². The summed E-state index contributed by atoms with van der Waals surface area (Å²) in [5, 5.41) is 11.3. The molecule has 0 aliphatic carbocycles. The third-order valence-corrected chi connectivity index (χ3v) is 8.42. The summed E-state index contributed by atoms with van der Waals surface area (Å²) in [5.41, 5.74) is 6.34. The van der Waals surface area contributed by atoms with Crippen molar-refractivity contribution in [3.05, 3.63) is 35.4 Å². The Morgan fingerprint density at radius 2 is 1.63 bits per heavy atom. The largest absolute Gasteiger partial charge is 0.444 e. The summed E-state index contributed by atoms with van der Waals surface area (Å²) in [4.78, 5) is 63.9. The van der Waals surface area contributed by atoms with E-state index in [1.54, 1.807) is 41.7 Å². The number of hydrogen-bond acceptors (Lipinski definition) is 10. The van der Waals surface area contributed by atoms with Crippen molar-refractivity contribution < 1.29 is 42.9 Å². The summed E-state index contributed by atoms with van der Waals surface area (Å²) in [7, 11) is 1.72. The van der Waals surface area contributed by atoms with Gasteiger partial charge in [0, 0.05) is 31.8 Å². The van der Waals surface area contributed by atoms with E-state index in [2.05, 4.69) is 21.3 Å². The molecule has 0 saturated carbocycles. The van der Waals surface area contributed by atoms with Crippen LogP contribution in [0.25, 0.3) is 0 Å². The third-order valence-electron chi connectivity index (χ3n) is 8.42. The Labute approximate surface area is 289 Å². The van der Waals surface area contributed by atoms with Crippen LogP contribution in [0, 0.1) is 11.8 Å². The molecule has 2 fully saturated rings. The van der Waals surface area contributed by atoms with Crippen LogP contribution in [0.5, 0.6) is 0 Å². The number of Topliss-reactive ketones (excluding diaryl/α,β-unsaturated/α-hetero) is 2. The predicted molar refractivity (Wildman–Crippen MR) is 181 cm³/mol. The summed E-state index contributed by atoms with van der Waals surface area (Å²) < 4.78 is 23.0. The lowest BCUT2D eigenvalue weighted by Crippen LogP contribution is -2.49. The number of primary amides is 1. The van der Waals surface area contributed by atoms with Gasteiger partial charge in [0.1, 0.15) is 17.8 Å². The number of amides is 4. The molecule has 2 aliphatic rings. The fraction of sp³-hybridized carbons (Fsp3) is 0.686. The van der Waals surface area contributed by atoms with Crippen LogP contribution in [-0.2, 0) is 46.2 Å². The van der Waals surface area contributed by atoms with Gasteiger partial charge in [-0.15, -0.1) is 0 Å². The van der Waals surface area contributed by atoms with Crippen molar-refractivity contribution in [1.82, 2.24) is 21.3 Å². The first-order valence-electron chi connectivity index (χ1n) is 17.0. The van der Waals surface area contributed by atoms with Crippen molar-refractivity contribution in [1.29, 1.82) is 0 Å². The zero-order valence-corrected chi connectivity index (χ0v) is 30.1. The van der Waals surface area contributed by atoms with Crippen molar-refractivity contribution in [3.8, 4) is 0 Å². The van der Waals surface area contributed by atoms with E-state index in [9.17, 15) is 24.0 Å². The molecule has 14 nitrogen and oxygen atoms in total. The van der Waals surface area contributed by atoms with E-state index in [1.807, 2.05) is 38.1 Å². The number of rotatable bonds is 17. The second-order valence-electron chi connectivity index (χ2n) is 14.5. The molecule has 0 bridgehead atoms. The van der Waals surface area contributed by atoms with Gasteiger partial charge in [-0.05, 0) is 78.0 Å². The molecule has 2 aliphatic heterocycles. The maximum absolute atomic E-state index is 13.7. The molecule has 2 heterocycles. The summed E-state index contributed by atoms with van der Waals surface area (Å²) >= 11 is 0. The van der Waals surface area contributed by atoms with Crippen molar-refractivity contribution >= 4 is 29.6 Å². The predicted octanol–water partition coefficient (Wildman–Crippen LogP) is 2.49. The standard InChI is InChI=1S/C35H55N5O9/c1-20(2)23(19-26(42)28-27(37-8)29-31(46-28)48-35(6,7)47-29)30(43)40-24(10-9-16-38-32(36)44)25(41)18-22-13-11-21(12-14-22)15-17-39-33(45)49-34(3,4)5/h11-14,20,23-24,27-29,31,37H,9-10,15-19H2,1-8H3,(H,39,45)(H,40,43)(H3,36,38,44)/t23-,24-,27-,28-,29-,31-/m1/s1. The Hall–Kier alpha value is -3.59. The minimum absolute atomic E-state index is 0.0643. The molecule has 274 valence electrons. The van der Waals surface area contributed by atoms with Crippen LogP contribution in [0.15, 0.2) is 24.3 Å². The molecule has 1 aromatic carbocycles. The van der Waals surface area contributed by atoms with E-state index < -0.39 is 65.9 Å². The number of carbonyl (C=O) groups is 5. The number of ether oxygens (including phenoxy) is 4. The van der Waals surface area contributed by atoms with Gasteiger partial charge in [-0.1, -0.05) is 38.1 Å². The van der Waals surface area contributed by atoms with Crippen molar-refractivity contribution in [2.45, 2.75) is 123 Å². The molecule has 0 aromatic heterocycles. The zero-order valence-electron chi connectivity index (χ0n) is 30.1. The normalized spacial score (nSPS) is 22.6. The highest BCUT2D eigenvalue weighted by molar-refractivity contribution is 5.94. The molecule has 0 radical (unpaired) electrons. The average molecular weight is 690 g/mol. The van der Waals surface area contributed by atoms with E-state index in [0.717, 1.165) is 11.1 Å². The fourth-order valence-corrected chi connectivity index (χ4v) is 5.94. The van der Waals surface area contributed by atoms with Crippen LogP contribution in [0.4, 0.5) is 9.59 Å². The summed E-state index contributed by atoms with van der Waals surface area (Å²) in [6.45, 7) is 13.3. The molecule has 1 aromatic rings. The number of ketones is 2. The van der Waals surface area contributed by atoms with Gasteiger partial charge in [0.25, 0.3) is 0 Å². The summed E-state index contributed by atoms with van der Waals surface area (Å²) in [5.74, 6) is -2.66. The number of likely N-dealkylation sites (N-methyl/N-ethyl adjacent to an activating group) is 1.